The Kier molecular flexibility index (Phi) is 6.54. The maximum Gasteiger partial charge on any atom is 0.407 e. The number of benzene rings is 1. The molecule has 2 aromatic rings. The van der Waals surface area contributed by atoms with Gasteiger partial charge in [-0.05, 0) is 24.1 Å². The largest absolute Gasteiger partial charge is 0.445 e. The van der Waals surface area contributed by atoms with Crippen molar-refractivity contribution in [2.75, 3.05) is 6.54 Å². The molecule has 1 aromatic carbocycles. The first-order chi connectivity index (χ1) is 11.5. The molecule has 2 rings (SSSR count). The average Bonchev–Trinajstić information content (AvgIpc) is 2.58. The number of aliphatic hydroxyl groups is 2. The van der Waals surface area contributed by atoms with E-state index in [0.717, 1.165) is 5.56 Å². The standard InChI is InChI=1S/C17H19ClN2O4/c1-11-7-8-19-16(18)14(11)15(22)13(21)9-20-17(23)24-10-12-5-3-2-4-6-12/h2-8,13,15,21-22H,9-10H2,1H3,(H,20,23). The molecule has 0 aliphatic carbocycles. The van der Waals surface area contributed by atoms with E-state index in [1.165, 1.54) is 6.20 Å². The fraction of sp³-hybridized carbons (Fsp3) is 0.294. The van der Waals surface area contributed by atoms with Crippen molar-refractivity contribution in [2.24, 2.45) is 0 Å². The number of pyridine rings is 1. The lowest BCUT2D eigenvalue weighted by Gasteiger charge is -2.20. The predicted octanol–water partition coefficient (Wildman–Crippen LogP) is 2.36. The lowest BCUT2D eigenvalue weighted by atomic mass is 10.0. The Labute approximate surface area is 145 Å². The van der Waals surface area contributed by atoms with Crippen molar-refractivity contribution in [3.05, 3.63) is 64.4 Å². The molecule has 128 valence electrons. The molecule has 0 saturated carbocycles. The maximum absolute atomic E-state index is 11.6. The Morgan fingerprint density at radius 3 is 2.67 bits per heavy atom. The molecule has 3 N–H and O–H groups in total. The number of rotatable bonds is 6. The van der Waals surface area contributed by atoms with E-state index in [-0.39, 0.29) is 18.3 Å². The highest BCUT2D eigenvalue weighted by Gasteiger charge is 2.23. The van der Waals surface area contributed by atoms with Crippen molar-refractivity contribution in [2.45, 2.75) is 25.7 Å². The van der Waals surface area contributed by atoms with Crippen LogP contribution in [0.4, 0.5) is 4.79 Å². The fourth-order valence-corrected chi connectivity index (χ4v) is 2.48. The number of alkyl carbamates (subject to hydrolysis) is 1. The number of aliphatic hydroxyl groups excluding tert-OH is 2. The van der Waals surface area contributed by atoms with Gasteiger partial charge in [-0.3, -0.25) is 0 Å². The van der Waals surface area contributed by atoms with Crippen LogP contribution in [-0.2, 0) is 11.3 Å². The van der Waals surface area contributed by atoms with Crippen molar-refractivity contribution < 1.29 is 19.7 Å². The zero-order valence-corrected chi connectivity index (χ0v) is 13.9. The first kappa shape index (κ1) is 18.2. The molecule has 1 aromatic heterocycles. The van der Waals surface area contributed by atoms with Crippen molar-refractivity contribution in [3.8, 4) is 0 Å². The summed E-state index contributed by atoms with van der Waals surface area (Å²) in [4.78, 5) is 15.5. The molecule has 0 aliphatic rings. The smallest absolute Gasteiger partial charge is 0.407 e. The molecule has 0 aliphatic heterocycles. The fourth-order valence-electron chi connectivity index (χ4n) is 2.16. The highest BCUT2D eigenvalue weighted by atomic mass is 35.5. The highest BCUT2D eigenvalue weighted by molar-refractivity contribution is 6.30. The predicted molar refractivity (Wildman–Crippen MR) is 89.6 cm³/mol. The first-order valence-electron chi connectivity index (χ1n) is 7.40. The van der Waals surface area contributed by atoms with Crippen molar-refractivity contribution >= 4 is 17.7 Å². The Hall–Kier alpha value is -2.15. The number of amides is 1. The minimum atomic E-state index is -1.26. The summed E-state index contributed by atoms with van der Waals surface area (Å²) < 4.78 is 5.03. The molecule has 2 unspecified atom stereocenters. The van der Waals surface area contributed by atoms with E-state index < -0.39 is 18.3 Å². The van der Waals surface area contributed by atoms with E-state index in [1.807, 2.05) is 30.3 Å². The minimum Gasteiger partial charge on any atom is -0.445 e. The summed E-state index contributed by atoms with van der Waals surface area (Å²) in [6, 6.07) is 10.9. The summed E-state index contributed by atoms with van der Waals surface area (Å²) >= 11 is 5.95. The second-order valence-corrected chi connectivity index (χ2v) is 5.65. The molecular weight excluding hydrogens is 332 g/mol. The normalized spacial score (nSPS) is 13.2. The number of carbonyl (C=O) groups excluding carboxylic acids is 1. The van der Waals surface area contributed by atoms with Gasteiger partial charge in [-0.2, -0.15) is 0 Å². The van der Waals surface area contributed by atoms with Crippen LogP contribution >= 0.6 is 11.6 Å². The molecule has 0 saturated heterocycles. The highest BCUT2D eigenvalue weighted by Crippen LogP contribution is 2.26. The minimum absolute atomic E-state index is 0.119. The van der Waals surface area contributed by atoms with Crippen LogP contribution in [-0.4, -0.2) is 33.9 Å². The number of halogens is 1. The van der Waals surface area contributed by atoms with Crippen molar-refractivity contribution in [1.82, 2.24) is 10.3 Å². The number of aryl methyl sites for hydroxylation is 1. The van der Waals surface area contributed by atoms with E-state index in [2.05, 4.69) is 10.3 Å². The Balaban J connectivity index is 1.83. The van der Waals surface area contributed by atoms with Gasteiger partial charge in [0.25, 0.3) is 0 Å². The van der Waals surface area contributed by atoms with Gasteiger partial charge in [0.2, 0.25) is 0 Å². The van der Waals surface area contributed by atoms with Crippen LogP contribution in [0.15, 0.2) is 42.6 Å². The van der Waals surface area contributed by atoms with Gasteiger partial charge in [0.1, 0.15) is 24.0 Å². The average molecular weight is 351 g/mol. The Morgan fingerprint density at radius 1 is 1.29 bits per heavy atom. The molecule has 0 radical (unpaired) electrons. The third kappa shape index (κ3) is 4.92. The monoisotopic (exact) mass is 350 g/mol. The van der Waals surface area contributed by atoms with Gasteiger partial charge in [-0.1, -0.05) is 41.9 Å². The molecule has 7 heteroatoms. The van der Waals surface area contributed by atoms with Crippen molar-refractivity contribution in [3.63, 3.8) is 0 Å². The van der Waals surface area contributed by atoms with E-state index in [9.17, 15) is 15.0 Å². The van der Waals surface area contributed by atoms with Crippen LogP contribution in [0.2, 0.25) is 5.15 Å². The van der Waals surface area contributed by atoms with Gasteiger partial charge in [0.15, 0.2) is 0 Å². The molecule has 0 bridgehead atoms. The molecule has 0 fully saturated rings. The van der Waals surface area contributed by atoms with Crippen LogP contribution in [0, 0.1) is 6.92 Å². The quantitative estimate of drug-likeness (QED) is 0.696. The molecule has 0 spiro atoms. The van der Waals surface area contributed by atoms with E-state index in [1.54, 1.807) is 13.0 Å². The number of nitrogens with one attached hydrogen (secondary N) is 1. The van der Waals surface area contributed by atoms with Crippen LogP contribution < -0.4 is 5.32 Å². The summed E-state index contributed by atoms with van der Waals surface area (Å²) in [6.45, 7) is 1.69. The molecule has 1 amide bonds. The molecule has 2 atom stereocenters. The summed E-state index contributed by atoms with van der Waals surface area (Å²) in [7, 11) is 0. The van der Waals surface area contributed by atoms with Crippen LogP contribution in [0.3, 0.4) is 0 Å². The first-order valence-corrected chi connectivity index (χ1v) is 7.78. The zero-order chi connectivity index (χ0) is 17.5. The number of hydrogen-bond acceptors (Lipinski definition) is 5. The van der Waals surface area contributed by atoms with Crippen LogP contribution in [0.5, 0.6) is 0 Å². The van der Waals surface area contributed by atoms with Gasteiger partial charge in [-0.25, -0.2) is 9.78 Å². The number of aromatic nitrogens is 1. The third-order valence-corrected chi connectivity index (χ3v) is 3.79. The molecular formula is C17H19ClN2O4. The van der Waals surface area contributed by atoms with E-state index in [4.69, 9.17) is 16.3 Å². The van der Waals surface area contributed by atoms with Crippen molar-refractivity contribution in [1.29, 1.82) is 0 Å². The van der Waals surface area contributed by atoms with Crippen LogP contribution in [0.25, 0.3) is 0 Å². The van der Waals surface area contributed by atoms with Gasteiger partial charge < -0.3 is 20.3 Å². The summed E-state index contributed by atoms with van der Waals surface area (Å²) in [5.74, 6) is 0. The van der Waals surface area contributed by atoms with Gasteiger partial charge >= 0.3 is 6.09 Å². The van der Waals surface area contributed by atoms with E-state index in [0.29, 0.717) is 11.1 Å². The Bertz CT molecular complexity index is 661. The summed E-state index contributed by atoms with van der Waals surface area (Å²) in [6.07, 6.45) is -1.67. The number of carbonyl (C=O) groups is 1. The van der Waals surface area contributed by atoms with Crippen LogP contribution in [0.1, 0.15) is 22.8 Å². The second kappa shape index (κ2) is 8.63. The topological polar surface area (TPSA) is 91.7 Å². The number of nitrogens with zero attached hydrogens (tertiary/aromatic N) is 1. The summed E-state index contributed by atoms with van der Waals surface area (Å²) in [5, 5.41) is 22.8. The molecule has 24 heavy (non-hydrogen) atoms. The van der Waals surface area contributed by atoms with Gasteiger partial charge in [0.05, 0.1) is 0 Å². The van der Waals surface area contributed by atoms with Gasteiger partial charge in [0, 0.05) is 18.3 Å². The second-order valence-electron chi connectivity index (χ2n) is 5.29. The molecule has 6 nitrogen and oxygen atoms in total. The number of ether oxygens (including phenoxy) is 1. The Morgan fingerprint density at radius 2 is 2.00 bits per heavy atom. The molecule has 1 heterocycles. The SMILES string of the molecule is Cc1ccnc(Cl)c1C(O)C(O)CNC(=O)OCc1ccccc1. The zero-order valence-electron chi connectivity index (χ0n) is 13.1. The number of hydrogen-bond donors (Lipinski definition) is 3. The van der Waals surface area contributed by atoms with Gasteiger partial charge in [-0.15, -0.1) is 0 Å². The lowest BCUT2D eigenvalue weighted by molar-refractivity contribution is 0.0179. The lowest BCUT2D eigenvalue weighted by Crippen LogP contribution is -2.36. The third-order valence-electron chi connectivity index (χ3n) is 3.49. The van der Waals surface area contributed by atoms with E-state index >= 15 is 0 Å². The summed E-state index contributed by atoms with van der Waals surface area (Å²) in [5.41, 5.74) is 1.89. The maximum atomic E-state index is 11.6.